The van der Waals surface area contributed by atoms with E-state index in [2.05, 4.69) is 21.2 Å². The fraction of sp³-hybridized carbons (Fsp3) is 1.00. The number of hydrogen-bond acceptors (Lipinski definition) is 2. The van der Waals surface area contributed by atoms with Gasteiger partial charge in [0.05, 0.1) is 6.61 Å². The van der Waals surface area contributed by atoms with E-state index in [0.717, 1.165) is 12.4 Å². The predicted octanol–water partition coefficient (Wildman–Crippen LogP) is 1.72. The van der Waals surface area contributed by atoms with E-state index in [4.69, 9.17) is 4.74 Å². The van der Waals surface area contributed by atoms with Gasteiger partial charge >= 0.3 is 0 Å². The van der Waals surface area contributed by atoms with E-state index < -0.39 is 0 Å². The van der Waals surface area contributed by atoms with Crippen molar-refractivity contribution in [1.29, 1.82) is 0 Å². The molecule has 0 saturated carbocycles. The third-order valence-corrected chi connectivity index (χ3v) is 2.01. The Balaban J connectivity index is 2.34. The maximum absolute atomic E-state index is 4.76. The highest BCUT2D eigenvalue weighted by molar-refractivity contribution is 14.2. The molecule has 0 atom stereocenters. The molecule has 0 bridgehead atoms. The van der Waals surface area contributed by atoms with Gasteiger partial charge in [0.1, 0.15) is 0 Å². The molecular formula is C3H7IOS. The van der Waals surface area contributed by atoms with Gasteiger partial charge in [0, 0.05) is 12.9 Å². The average molecular weight is 218 g/mol. The number of hydrogen-bond donors (Lipinski definition) is 0. The Kier molecular flexibility index (Phi) is 7.09. The summed E-state index contributed by atoms with van der Waals surface area (Å²) in [6, 6.07) is 0. The van der Waals surface area contributed by atoms with Crippen LogP contribution in [-0.4, -0.2) is 19.5 Å². The van der Waals surface area contributed by atoms with Crippen molar-refractivity contribution in [2.45, 2.75) is 0 Å². The minimum absolute atomic E-state index is 0.869. The topological polar surface area (TPSA) is 9.23 Å². The highest BCUT2D eigenvalue weighted by Gasteiger charge is 1.76. The lowest BCUT2D eigenvalue weighted by Gasteiger charge is -1.88. The molecule has 38 valence electrons. The molecule has 0 rings (SSSR count). The summed E-state index contributed by atoms with van der Waals surface area (Å²) in [6.45, 7) is 0.869. The molecule has 0 aromatic carbocycles. The molecule has 0 heterocycles. The number of ether oxygens (including phenoxy) is 1. The summed E-state index contributed by atoms with van der Waals surface area (Å²) in [6.07, 6.45) is 0. The van der Waals surface area contributed by atoms with Gasteiger partial charge in [-0.1, -0.05) is 8.93 Å². The largest absolute Gasteiger partial charge is 0.384 e. The quantitative estimate of drug-likeness (QED) is 0.526. The van der Waals surface area contributed by atoms with Crippen LogP contribution in [0, 0.1) is 0 Å². The molecule has 0 radical (unpaired) electrons. The van der Waals surface area contributed by atoms with Crippen molar-refractivity contribution in [1.82, 2.24) is 0 Å². The van der Waals surface area contributed by atoms with Gasteiger partial charge in [-0.3, -0.25) is 0 Å². The van der Waals surface area contributed by atoms with Crippen LogP contribution in [0.3, 0.4) is 0 Å². The van der Waals surface area contributed by atoms with Crippen LogP contribution in [0.15, 0.2) is 0 Å². The minimum Gasteiger partial charge on any atom is -0.384 e. The third kappa shape index (κ3) is 5.04. The van der Waals surface area contributed by atoms with Crippen molar-refractivity contribution < 1.29 is 4.74 Å². The summed E-state index contributed by atoms with van der Waals surface area (Å²) >= 11 is 2.25. The van der Waals surface area contributed by atoms with Crippen molar-refractivity contribution in [3.8, 4) is 0 Å². The standard InChI is InChI=1S/C3H7IOS/c1-5-2-3-6-4/h2-3H2,1H3. The maximum atomic E-state index is 4.76. The molecular weight excluding hydrogens is 211 g/mol. The predicted molar refractivity (Wildman–Crippen MR) is 38.4 cm³/mol. The van der Waals surface area contributed by atoms with Gasteiger partial charge in [0.15, 0.2) is 0 Å². The summed E-state index contributed by atoms with van der Waals surface area (Å²) in [5.74, 6) is 1.09. The van der Waals surface area contributed by atoms with E-state index in [1.807, 2.05) is 0 Å². The van der Waals surface area contributed by atoms with Crippen molar-refractivity contribution >= 4 is 30.1 Å². The Bertz CT molecular complexity index is 22.8. The SMILES string of the molecule is COCCSI. The second kappa shape index (κ2) is 6.04. The first-order chi connectivity index (χ1) is 2.91. The zero-order valence-electron chi connectivity index (χ0n) is 3.61. The van der Waals surface area contributed by atoms with Gasteiger partial charge < -0.3 is 4.74 Å². The molecule has 0 amide bonds. The fourth-order valence-electron chi connectivity index (χ4n) is 0.115. The minimum atomic E-state index is 0.869. The summed E-state index contributed by atoms with van der Waals surface area (Å²) in [7, 11) is 3.49. The van der Waals surface area contributed by atoms with Crippen LogP contribution >= 0.6 is 30.1 Å². The van der Waals surface area contributed by atoms with Crippen LogP contribution in [0.4, 0.5) is 0 Å². The Morgan fingerprint density at radius 3 is 2.67 bits per heavy atom. The summed E-state index contributed by atoms with van der Waals surface area (Å²) in [5.41, 5.74) is 0. The summed E-state index contributed by atoms with van der Waals surface area (Å²) < 4.78 is 4.76. The zero-order chi connectivity index (χ0) is 4.83. The second-order valence-corrected chi connectivity index (χ2v) is 3.30. The lowest BCUT2D eigenvalue weighted by atomic mass is 10.9. The third-order valence-electron chi connectivity index (χ3n) is 0.365. The lowest BCUT2D eigenvalue weighted by Crippen LogP contribution is -1.87. The molecule has 0 N–H and O–H groups in total. The van der Waals surface area contributed by atoms with Crippen LogP contribution in [0.25, 0.3) is 0 Å². The van der Waals surface area contributed by atoms with Crippen LogP contribution in [0.5, 0.6) is 0 Å². The first-order valence-corrected chi connectivity index (χ1v) is 5.17. The fourth-order valence-corrected chi connectivity index (χ4v) is 0.884. The second-order valence-electron chi connectivity index (χ2n) is 0.806. The number of rotatable bonds is 3. The van der Waals surface area contributed by atoms with Gasteiger partial charge in [0.25, 0.3) is 0 Å². The molecule has 0 aliphatic carbocycles. The van der Waals surface area contributed by atoms with E-state index in [1.54, 1.807) is 16.0 Å². The number of halogens is 1. The highest BCUT2D eigenvalue weighted by Crippen LogP contribution is 2.08. The number of methoxy groups -OCH3 is 1. The molecule has 0 aromatic heterocycles. The highest BCUT2D eigenvalue weighted by atomic mass is 127. The van der Waals surface area contributed by atoms with Crippen LogP contribution in [0.2, 0.25) is 0 Å². The van der Waals surface area contributed by atoms with Crippen LogP contribution in [-0.2, 0) is 4.74 Å². The van der Waals surface area contributed by atoms with E-state index >= 15 is 0 Å². The molecule has 0 unspecified atom stereocenters. The molecule has 1 nitrogen and oxygen atoms in total. The van der Waals surface area contributed by atoms with Crippen LogP contribution in [0.1, 0.15) is 0 Å². The first kappa shape index (κ1) is 7.04. The molecule has 3 heteroatoms. The zero-order valence-corrected chi connectivity index (χ0v) is 6.58. The Morgan fingerprint density at radius 2 is 2.50 bits per heavy atom. The summed E-state index contributed by atoms with van der Waals surface area (Å²) in [5, 5.41) is 0. The first-order valence-electron chi connectivity index (χ1n) is 1.64. The Labute approximate surface area is 54.4 Å². The van der Waals surface area contributed by atoms with Crippen molar-refractivity contribution in [3.63, 3.8) is 0 Å². The Hall–Kier alpha value is 1.04. The van der Waals surface area contributed by atoms with E-state index in [9.17, 15) is 0 Å². The normalized spacial score (nSPS) is 9.00. The molecule has 0 fully saturated rings. The smallest absolute Gasteiger partial charge is 0.0560 e. The lowest BCUT2D eigenvalue weighted by molar-refractivity contribution is 0.219. The van der Waals surface area contributed by atoms with E-state index in [0.29, 0.717) is 0 Å². The monoisotopic (exact) mass is 218 g/mol. The van der Waals surface area contributed by atoms with Gasteiger partial charge in [-0.05, 0) is 21.2 Å². The molecule has 0 spiro atoms. The van der Waals surface area contributed by atoms with Crippen molar-refractivity contribution in [2.75, 3.05) is 19.5 Å². The van der Waals surface area contributed by atoms with Crippen molar-refractivity contribution in [2.24, 2.45) is 0 Å². The van der Waals surface area contributed by atoms with Crippen LogP contribution < -0.4 is 0 Å². The van der Waals surface area contributed by atoms with E-state index in [1.165, 1.54) is 0 Å². The average Bonchev–Trinajstić information content (AvgIpc) is 1.61. The summed E-state index contributed by atoms with van der Waals surface area (Å²) in [4.78, 5) is 0. The Morgan fingerprint density at radius 1 is 1.83 bits per heavy atom. The van der Waals surface area contributed by atoms with Gasteiger partial charge in [0.2, 0.25) is 0 Å². The maximum Gasteiger partial charge on any atom is 0.0560 e. The molecule has 0 aromatic rings. The molecule has 6 heavy (non-hydrogen) atoms. The van der Waals surface area contributed by atoms with E-state index in [-0.39, 0.29) is 0 Å². The van der Waals surface area contributed by atoms with Crippen molar-refractivity contribution in [3.05, 3.63) is 0 Å². The molecule has 0 aliphatic rings. The van der Waals surface area contributed by atoms with Gasteiger partial charge in [-0.25, -0.2) is 0 Å². The van der Waals surface area contributed by atoms with Gasteiger partial charge in [-0.2, -0.15) is 0 Å². The van der Waals surface area contributed by atoms with Gasteiger partial charge in [-0.15, -0.1) is 0 Å². The molecule has 0 saturated heterocycles. The molecule has 0 aliphatic heterocycles.